The van der Waals surface area contributed by atoms with E-state index < -0.39 is 0 Å². The number of thioether (sulfide) groups is 1. The molecule has 0 bridgehead atoms. The fourth-order valence-corrected chi connectivity index (χ4v) is 5.37. The van der Waals surface area contributed by atoms with Crippen LogP contribution in [0.2, 0.25) is 0 Å². The molecule has 1 N–H and O–H groups in total. The van der Waals surface area contributed by atoms with E-state index in [1.807, 2.05) is 18.3 Å². The van der Waals surface area contributed by atoms with E-state index in [9.17, 15) is 0 Å². The lowest BCUT2D eigenvalue weighted by atomic mass is 10.0. The monoisotopic (exact) mass is 321 g/mol. The van der Waals surface area contributed by atoms with Crippen LogP contribution in [0.3, 0.4) is 0 Å². The molecule has 0 aromatic carbocycles. The van der Waals surface area contributed by atoms with Gasteiger partial charge in [-0.15, -0.1) is 11.3 Å². The highest BCUT2D eigenvalue weighted by Crippen LogP contribution is 2.37. The summed E-state index contributed by atoms with van der Waals surface area (Å²) in [5.74, 6) is 4.49. The van der Waals surface area contributed by atoms with Crippen LogP contribution in [0.25, 0.3) is 0 Å². The molecule has 0 aliphatic carbocycles. The van der Waals surface area contributed by atoms with Gasteiger partial charge in [0, 0.05) is 21.1 Å². The van der Waals surface area contributed by atoms with Gasteiger partial charge in [0.1, 0.15) is 11.5 Å². The molecule has 1 unspecified atom stereocenters. The lowest BCUT2D eigenvalue weighted by Crippen LogP contribution is -2.22. The highest BCUT2D eigenvalue weighted by Gasteiger charge is 2.23. The zero-order valence-electron chi connectivity index (χ0n) is 13.0. The van der Waals surface area contributed by atoms with Gasteiger partial charge in [0.05, 0.1) is 6.04 Å². The molecule has 4 heteroatoms. The van der Waals surface area contributed by atoms with Gasteiger partial charge in [-0.05, 0) is 56.7 Å². The van der Waals surface area contributed by atoms with Crippen LogP contribution >= 0.6 is 23.1 Å². The zero-order chi connectivity index (χ0) is 14.8. The summed E-state index contributed by atoms with van der Waals surface area (Å²) in [7, 11) is 0. The van der Waals surface area contributed by atoms with E-state index in [4.69, 9.17) is 4.42 Å². The van der Waals surface area contributed by atoms with E-state index in [-0.39, 0.29) is 6.04 Å². The number of nitrogens with one attached hydrogen (secondary N) is 1. The fourth-order valence-electron chi connectivity index (χ4n) is 2.90. The molecule has 21 heavy (non-hydrogen) atoms. The van der Waals surface area contributed by atoms with E-state index in [0.717, 1.165) is 24.5 Å². The molecule has 1 aliphatic heterocycles. The van der Waals surface area contributed by atoms with Crippen LogP contribution < -0.4 is 5.32 Å². The molecule has 3 rings (SSSR count). The Morgan fingerprint density at radius 1 is 1.33 bits per heavy atom. The predicted octanol–water partition coefficient (Wildman–Crippen LogP) is 4.84. The van der Waals surface area contributed by atoms with Crippen molar-refractivity contribution in [2.45, 2.75) is 45.4 Å². The van der Waals surface area contributed by atoms with Crippen molar-refractivity contribution in [1.29, 1.82) is 0 Å². The highest BCUT2D eigenvalue weighted by molar-refractivity contribution is 7.98. The third kappa shape index (κ3) is 3.22. The fraction of sp³-hybridized carbons (Fsp3) is 0.529. The smallest absolute Gasteiger partial charge is 0.106 e. The summed E-state index contributed by atoms with van der Waals surface area (Å²) in [6.07, 6.45) is 2.38. The predicted molar refractivity (Wildman–Crippen MR) is 92.5 cm³/mol. The van der Waals surface area contributed by atoms with E-state index in [1.54, 1.807) is 10.4 Å². The molecule has 2 aromatic rings. The second-order valence-corrected chi connectivity index (χ2v) is 7.93. The number of aryl methyl sites for hydroxylation is 3. The molecule has 2 nitrogen and oxygen atoms in total. The van der Waals surface area contributed by atoms with Gasteiger partial charge in [-0.25, -0.2) is 0 Å². The lowest BCUT2D eigenvalue weighted by Gasteiger charge is -2.16. The first kappa shape index (κ1) is 15.2. The molecule has 3 heterocycles. The summed E-state index contributed by atoms with van der Waals surface area (Å²) in [5, 5.41) is 3.71. The highest BCUT2D eigenvalue weighted by atomic mass is 32.2. The first-order chi connectivity index (χ1) is 10.2. The van der Waals surface area contributed by atoms with Crippen LogP contribution in [0.1, 0.15) is 51.8 Å². The van der Waals surface area contributed by atoms with Crippen molar-refractivity contribution in [2.75, 3.05) is 12.3 Å². The summed E-state index contributed by atoms with van der Waals surface area (Å²) < 4.78 is 5.76. The third-order valence-electron chi connectivity index (χ3n) is 3.92. The maximum absolute atomic E-state index is 5.76. The normalized spacial score (nSPS) is 16.0. The van der Waals surface area contributed by atoms with Crippen molar-refractivity contribution in [2.24, 2.45) is 0 Å². The first-order valence-corrected chi connectivity index (χ1v) is 9.65. The largest absolute Gasteiger partial charge is 0.466 e. The maximum Gasteiger partial charge on any atom is 0.106 e. The number of rotatable bonds is 5. The Balaban J connectivity index is 1.95. The average Bonchev–Trinajstić information content (AvgIpc) is 3.03. The van der Waals surface area contributed by atoms with Gasteiger partial charge >= 0.3 is 0 Å². The number of thiophene rings is 1. The standard InChI is InChI=1S/C17H23NOS2/c1-4-6-18-17(14-8-11(2)19-12(14)3)16-9-13-10-20-7-5-15(13)21-16/h8-9,17-18H,4-7,10H2,1-3H3. The van der Waals surface area contributed by atoms with Crippen molar-refractivity contribution in [3.05, 3.63) is 44.5 Å². The van der Waals surface area contributed by atoms with Crippen LogP contribution in [-0.4, -0.2) is 12.3 Å². The molecule has 0 amide bonds. The Bertz CT molecular complexity index is 591. The van der Waals surface area contributed by atoms with Crippen LogP contribution in [0.15, 0.2) is 16.5 Å². The lowest BCUT2D eigenvalue weighted by molar-refractivity contribution is 0.494. The molecule has 0 saturated carbocycles. The van der Waals surface area contributed by atoms with Crippen molar-refractivity contribution >= 4 is 23.1 Å². The molecule has 0 radical (unpaired) electrons. The molecule has 0 spiro atoms. The minimum absolute atomic E-state index is 0.281. The summed E-state index contributed by atoms with van der Waals surface area (Å²) in [6.45, 7) is 7.36. The van der Waals surface area contributed by atoms with E-state index >= 15 is 0 Å². The molecule has 1 aliphatic rings. The summed E-state index contributed by atoms with van der Waals surface area (Å²) >= 11 is 4.04. The van der Waals surface area contributed by atoms with E-state index in [2.05, 4.69) is 43.1 Å². The molecular weight excluding hydrogens is 298 g/mol. The Morgan fingerprint density at radius 3 is 2.86 bits per heavy atom. The van der Waals surface area contributed by atoms with Gasteiger partial charge in [-0.3, -0.25) is 0 Å². The molecule has 2 aromatic heterocycles. The second-order valence-electron chi connectivity index (χ2n) is 5.66. The molecule has 0 saturated heterocycles. The molecule has 114 valence electrons. The van der Waals surface area contributed by atoms with Crippen LogP contribution in [0.4, 0.5) is 0 Å². The summed E-state index contributed by atoms with van der Waals surface area (Å²) in [4.78, 5) is 3.03. The second kappa shape index (κ2) is 6.59. The molecule has 1 atom stereocenters. The van der Waals surface area contributed by atoms with Gasteiger partial charge in [-0.2, -0.15) is 11.8 Å². The SMILES string of the molecule is CCCNC(c1cc2c(s1)CCSC2)c1cc(C)oc1C. The van der Waals surface area contributed by atoms with Crippen molar-refractivity contribution in [3.8, 4) is 0 Å². The first-order valence-electron chi connectivity index (χ1n) is 7.68. The van der Waals surface area contributed by atoms with Crippen LogP contribution in [0, 0.1) is 13.8 Å². The molecule has 0 fully saturated rings. The number of hydrogen-bond acceptors (Lipinski definition) is 4. The Hall–Kier alpha value is -0.710. The van der Waals surface area contributed by atoms with E-state index in [1.165, 1.54) is 28.4 Å². The van der Waals surface area contributed by atoms with Gasteiger partial charge in [0.15, 0.2) is 0 Å². The Labute approximate surface area is 135 Å². The quantitative estimate of drug-likeness (QED) is 0.853. The number of hydrogen-bond donors (Lipinski definition) is 1. The van der Waals surface area contributed by atoms with Crippen molar-refractivity contribution in [1.82, 2.24) is 5.32 Å². The van der Waals surface area contributed by atoms with Crippen molar-refractivity contribution in [3.63, 3.8) is 0 Å². The van der Waals surface area contributed by atoms with Crippen molar-refractivity contribution < 1.29 is 4.42 Å². The minimum Gasteiger partial charge on any atom is -0.466 e. The minimum atomic E-state index is 0.281. The van der Waals surface area contributed by atoms with Crippen LogP contribution in [0.5, 0.6) is 0 Å². The Kier molecular flexibility index (Phi) is 4.77. The summed E-state index contributed by atoms with van der Waals surface area (Å²) in [5.41, 5.74) is 2.85. The Morgan fingerprint density at radius 2 is 2.19 bits per heavy atom. The average molecular weight is 322 g/mol. The van der Waals surface area contributed by atoms with Gasteiger partial charge < -0.3 is 9.73 Å². The van der Waals surface area contributed by atoms with Gasteiger partial charge in [-0.1, -0.05) is 6.92 Å². The third-order valence-corrected chi connectivity index (χ3v) is 6.23. The summed E-state index contributed by atoms with van der Waals surface area (Å²) in [6, 6.07) is 4.89. The van der Waals surface area contributed by atoms with Gasteiger partial charge in [0.25, 0.3) is 0 Å². The number of furan rings is 1. The van der Waals surface area contributed by atoms with Crippen LogP contribution in [-0.2, 0) is 12.2 Å². The van der Waals surface area contributed by atoms with E-state index in [0.29, 0.717) is 0 Å². The maximum atomic E-state index is 5.76. The zero-order valence-corrected chi connectivity index (χ0v) is 14.6. The topological polar surface area (TPSA) is 25.2 Å². The van der Waals surface area contributed by atoms with Gasteiger partial charge in [0.2, 0.25) is 0 Å². The molecular formula is C17H23NOS2. The number of fused-ring (bicyclic) bond motifs is 1.